The molecule has 1 fully saturated rings. The average molecular weight is 255 g/mol. The summed E-state index contributed by atoms with van der Waals surface area (Å²) in [6.07, 6.45) is 3.17. The Bertz CT molecular complexity index is 307. The Hall–Kier alpha value is -1.06. The highest BCUT2D eigenvalue weighted by Gasteiger charge is 2.31. The van der Waals surface area contributed by atoms with E-state index < -0.39 is 5.60 Å². The lowest BCUT2D eigenvalue weighted by atomic mass is 9.92. The van der Waals surface area contributed by atoms with Gasteiger partial charge in [0.1, 0.15) is 11.4 Å². The normalized spacial score (nSPS) is 21.0. The number of carbonyl (C=O) groups excluding carboxylic acids is 2. The molecule has 0 radical (unpaired) electrons. The molecule has 0 spiro atoms. The van der Waals surface area contributed by atoms with Crippen LogP contribution in [0.1, 0.15) is 53.4 Å². The van der Waals surface area contributed by atoms with Crippen molar-refractivity contribution in [2.24, 2.45) is 5.92 Å². The van der Waals surface area contributed by atoms with Crippen LogP contribution >= 0.6 is 0 Å². The monoisotopic (exact) mass is 255 g/mol. The second-order valence-corrected chi connectivity index (χ2v) is 5.98. The predicted molar refractivity (Wildman–Crippen MR) is 70.4 cm³/mol. The maximum absolute atomic E-state index is 11.9. The number of carbonyl (C=O) groups is 2. The number of likely N-dealkylation sites (tertiary alicyclic amines) is 1. The topological polar surface area (TPSA) is 46.6 Å². The summed E-state index contributed by atoms with van der Waals surface area (Å²) in [6.45, 7) is 8.70. The van der Waals surface area contributed by atoms with Crippen molar-refractivity contribution in [3.8, 4) is 0 Å². The number of piperidine rings is 1. The number of hydrogen-bond acceptors (Lipinski definition) is 3. The number of nitrogens with zero attached hydrogens (tertiary/aromatic N) is 1. The van der Waals surface area contributed by atoms with E-state index >= 15 is 0 Å². The van der Waals surface area contributed by atoms with E-state index in [0.29, 0.717) is 25.3 Å². The Balaban J connectivity index is 2.53. The minimum Gasteiger partial charge on any atom is -0.444 e. The van der Waals surface area contributed by atoms with Crippen molar-refractivity contribution >= 4 is 11.9 Å². The summed E-state index contributed by atoms with van der Waals surface area (Å²) in [5.74, 6) is 0.300. The van der Waals surface area contributed by atoms with Gasteiger partial charge in [-0.3, -0.25) is 4.79 Å². The van der Waals surface area contributed by atoms with Gasteiger partial charge in [-0.05, 0) is 27.2 Å². The van der Waals surface area contributed by atoms with Crippen LogP contribution in [0.4, 0.5) is 4.79 Å². The zero-order valence-electron chi connectivity index (χ0n) is 12.0. The van der Waals surface area contributed by atoms with E-state index in [2.05, 4.69) is 6.92 Å². The van der Waals surface area contributed by atoms with Crippen LogP contribution in [-0.4, -0.2) is 35.5 Å². The van der Waals surface area contributed by atoms with Crippen LogP contribution in [0.5, 0.6) is 0 Å². The molecule has 1 rings (SSSR count). The van der Waals surface area contributed by atoms with E-state index in [-0.39, 0.29) is 12.0 Å². The molecular weight excluding hydrogens is 230 g/mol. The van der Waals surface area contributed by atoms with Gasteiger partial charge in [0, 0.05) is 25.4 Å². The Morgan fingerprint density at radius 3 is 2.67 bits per heavy atom. The fourth-order valence-corrected chi connectivity index (χ4v) is 2.10. The molecule has 1 saturated heterocycles. The molecule has 1 heterocycles. The second-order valence-electron chi connectivity index (χ2n) is 5.98. The van der Waals surface area contributed by atoms with E-state index in [9.17, 15) is 9.59 Å². The van der Waals surface area contributed by atoms with E-state index in [4.69, 9.17) is 4.74 Å². The summed E-state index contributed by atoms with van der Waals surface area (Å²) >= 11 is 0. The van der Waals surface area contributed by atoms with Crippen molar-refractivity contribution in [2.45, 2.75) is 59.0 Å². The molecule has 0 saturated carbocycles. The SMILES string of the molecule is CCCCC1CN(C(=O)OC(C)(C)C)CCC1=O. The molecule has 0 bridgehead atoms. The Morgan fingerprint density at radius 2 is 2.11 bits per heavy atom. The van der Waals surface area contributed by atoms with Gasteiger partial charge in [0.15, 0.2) is 0 Å². The van der Waals surface area contributed by atoms with E-state index in [1.165, 1.54) is 0 Å². The van der Waals surface area contributed by atoms with Crippen LogP contribution in [0, 0.1) is 5.92 Å². The maximum Gasteiger partial charge on any atom is 0.410 e. The molecule has 18 heavy (non-hydrogen) atoms. The van der Waals surface area contributed by atoms with Crippen LogP contribution < -0.4 is 0 Å². The average Bonchev–Trinajstić information content (AvgIpc) is 2.25. The molecule has 0 aliphatic carbocycles. The third-order valence-corrected chi connectivity index (χ3v) is 3.08. The molecule has 0 aromatic heterocycles. The van der Waals surface area contributed by atoms with Crippen LogP contribution in [0.15, 0.2) is 0 Å². The molecule has 0 N–H and O–H groups in total. The second kappa shape index (κ2) is 6.21. The number of ketones is 1. The molecular formula is C14H25NO3. The van der Waals surface area contributed by atoms with Crippen LogP contribution in [0.2, 0.25) is 0 Å². The number of amides is 1. The van der Waals surface area contributed by atoms with Crippen LogP contribution in [-0.2, 0) is 9.53 Å². The molecule has 4 heteroatoms. The summed E-state index contributed by atoms with van der Waals surface area (Å²) in [4.78, 5) is 25.4. The first-order valence-corrected chi connectivity index (χ1v) is 6.84. The highest BCUT2D eigenvalue weighted by atomic mass is 16.6. The first kappa shape index (κ1) is 15.0. The maximum atomic E-state index is 11.9. The van der Waals surface area contributed by atoms with Crippen molar-refractivity contribution in [3.63, 3.8) is 0 Å². The zero-order valence-corrected chi connectivity index (χ0v) is 12.0. The Morgan fingerprint density at radius 1 is 1.44 bits per heavy atom. The first-order valence-electron chi connectivity index (χ1n) is 6.84. The molecule has 1 aliphatic rings. The molecule has 0 aromatic rings. The van der Waals surface area contributed by atoms with Gasteiger partial charge in [0.25, 0.3) is 0 Å². The van der Waals surface area contributed by atoms with Gasteiger partial charge in [-0.2, -0.15) is 0 Å². The number of hydrogen-bond donors (Lipinski definition) is 0. The first-order chi connectivity index (χ1) is 8.33. The van der Waals surface area contributed by atoms with Gasteiger partial charge in [0.2, 0.25) is 0 Å². The highest BCUT2D eigenvalue weighted by molar-refractivity contribution is 5.84. The fourth-order valence-electron chi connectivity index (χ4n) is 2.10. The Labute approximate surface area is 110 Å². The van der Waals surface area contributed by atoms with Crippen LogP contribution in [0.3, 0.4) is 0 Å². The van der Waals surface area contributed by atoms with Crippen molar-refractivity contribution in [3.05, 3.63) is 0 Å². The summed E-state index contributed by atoms with van der Waals surface area (Å²) in [5.41, 5.74) is -0.475. The highest BCUT2D eigenvalue weighted by Crippen LogP contribution is 2.20. The lowest BCUT2D eigenvalue weighted by Crippen LogP contribution is -2.46. The minimum absolute atomic E-state index is 0.00576. The zero-order chi connectivity index (χ0) is 13.8. The number of ether oxygens (including phenoxy) is 1. The van der Waals surface area contributed by atoms with Gasteiger partial charge in [-0.1, -0.05) is 19.8 Å². The van der Waals surface area contributed by atoms with Crippen molar-refractivity contribution in [1.29, 1.82) is 0 Å². The van der Waals surface area contributed by atoms with E-state index in [1.54, 1.807) is 4.90 Å². The van der Waals surface area contributed by atoms with E-state index in [1.807, 2.05) is 20.8 Å². The van der Waals surface area contributed by atoms with Crippen molar-refractivity contribution in [1.82, 2.24) is 4.90 Å². The van der Waals surface area contributed by atoms with Crippen molar-refractivity contribution < 1.29 is 14.3 Å². The third kappa shape index (κ3) is 4.67. The molecule has 0 aromatic carbocycles. The number of unbranched alkanes of at least 4 members (excludes halogenated alkanes) is 1. The number of rotatable bonds is 3. The third-order valence-electron chi connectivity index (χ3n) is 3.08. The Kier molecular flexibility index (Phi) is 5.17. The molecule has 1 aliphatic heterocycles. The molecule has 1 unspecified atom stereocenters. The summed E-state index contributed by atoms with van der Waals surface area (Å²) in [5, 5.41) is 0. The quantitative estimate of drug-likeness (QED) is 0.778. The molecule has 4 nitrogen and oxygen atoms in total. The van der Waals surface area contributed by atoms with Crippen LogP contribution in [0.25, 0.3) is 0 Å². The van der Waals surface area contributed by atoms with Crippen molar-refractivity contribution in [2.75, 3.05) is 13.1 Å². The van der Waals surface area contributed by atoms with Gasteiger partial charge in [0.05, 0.1) is 0 Å². The number of Topliss-reactive ketones (excluding diaryl/α,β-unsaturated/α-hetero) is 1. The summed E-state index contributed by atoms with van der Waals surface area (Å²) in [6, 6.07) is 0. The summed E-state index contributed by atoms with van der Waals surface area (Å²) < 4.78 is 5.34. The van der Waals surface area contributed by atoms with Gasteiger partial charge >= 0.3 is 6.09 Å². The van der Waals surface area contributed by atoms with Gasteiger partial charge in [-0.25, -0.2) is 4.79 Å². The lowest BCUT2D eigenvalue weighted by molar-refractivity contribution is -0.126. The summed E-state index contributed by atoms with van der Waals surface area (Å²) in [7, 11) is 0. The smallest absolute Gasteiger partial charge is 0.410 e. The largest absolute Gasteiger partial charge is 0.444 e. The predicted octanol–water partition coefficient (Wildman–Crippen LogP) is 3.00. The molecule has 1 amide bonds. The standard InChI is InChI=1S/C14H25NO3/c1-5-6-7-11-10-15(9-8-12(11)16)13(17)18-14(2,3)4/h11H,5-10H2,1-4H3. The van der Waals surface area contributed by atoms with E-state index in [0.717, 1.165) is 19.3 Å². The van der Waals surface area contributed by atoms with Gasteiger partial charge < -0.3 is 9.64 Å². The minimum atomic E-state index is -0.475. The molecule has 1 atom stereocenters. The molecule has 104 valence electrons. The van der Waals surface area contributed by atoms with Gasteiger partial charge in [-0.15, -0.1) is 0 Å². The lowest BCUT2D eigenvalue weighted by Gasteiger charge is -2.33. The fraction of sp³-hybridized carbons (Fsp3) is 0.857.